The predicted molar refractivity (Wildman–Crippen MR) is 119 cm³/mol. The molecule has 4 atom stereocenters. The Balaban J connectivity index is 1.29. The maximum Gasteiger partial charge on any atom is 0.125 e. The van der Waals surface area contributed by atoms with Crippen molar-refractivity contribution in [2.45, 2.75) is 101 Å². The van der Waals surface area contributed by atoms with E-state index in [0.717, 1.165) is 41.3 Å². The van der Waals surface area contributed by atoms with Crippen molar-refractivity contribution in [2.75, 3.05) is 0 Å². The highest BCUT2D eigenvalue weighted by molar-refractivity contribution is 6.16. The van der Waals surface area contributed by atoms with E-state index >= 15 is 0 Å². The molecule has 1 aromatic heterocycles. The van der Waals surface area contributed by atoms with Gasteiger partial charge >= 0.3 is 0 Å². The van der Waals surface area contributed by atoms with Crippen molar-refractivity contribution in [3.05, 3.63) is 30.1 Å². The molecule has 156 valence electrons. The molecule has 3 nitrogen and oxygen atoms in total. The van der Waals surface area contributed by atoms with E-state index in [2.05, 4.69) is 33.7 Å². The number of piperidine rings is 2. The molecule has 2 saturated carbocycles. The summed E-state index contributed by atoms with van der Waals surface area (Å²) in [7, 11) is 0. The second-order valence-corrected chi connectivity index (χ2v) is 10.6. The molecule has 4 bridgehead atoms. The average Bonchev–Trinajstić information content (AvgIpc) is 3.11. The maximum atomic E-state index is 6.35. The van der Waals surface area contributed by atoms with Crippen LogP contribution in [0.4, 0.5) is 0 Å². The number of aromatic nitrogens is 2. The van der Waals surface area contributed by atoms with Crippen LogP contribution in [0.5, 0.6) is 0 Å². The molecule has 4 heteroatoms. The van der Waals surface area contributed by atoms with Crippen LogP contribution in [0.15, 0.2) is 24.3 Å². The highest BCUT2D eigenvalue weighted by atomic mass is 35.5. The fourth-order valence-corrected chi connectivity index (χ4v) is 7.92. The standard InChI is InChI=1S/C25H34ClN3/c26-16-25-27-23-9-1-2-10-24(23)29(25)22-14-19-7-4-8-20(15-22)28(19)21-12-17-5-3-6-18(11-17)13-21/h1-2,9-10,17-22H,3-8,11-16H2. The number of para-hydroxylation sites is 2. The first-order valence-electron chi connectivity index (χ1n) is 12.1. The third kappa shape index (κ3) is 3.24. The number of alkyl halides is 1. The minimum atomic E-state index is 0.510. The lowest BCUT2D eigenvalue weighted by atomic mass is 9.68. The van der Waals surface area contributed by atoms with Gasteiger partial charge in [-0.25, -0.2) is 4.98 Å². The molecular formula is C25H34ClN3. The van der Waals surface area contributed by atoms with Gasteiger partial charge < -0.3 is 4.57 Å². The third-order valence-corrected chi connectivity index (χ3v) is 8.92. The molecule has 29 heavy (non-hydrogen) atoms. The molecule has 0 amide bonds. The Kier molecular flexibility index (Phi) is 4.88. The van der Waals surface area contributed by atoms with E-state index in [-0.39, 0.29) is 0 Å². The number of hydrogen-bond donors (Lipinski definition) is 0. The molecular weight excluding hydrogens is 378 g/mol. The Morgan fingerprint density at radius 2 is 1.48 bits per heavy atom. The van der Waals surface area contributed by atoms with Gasteiger partial charge in [0.15, 0.2) is 0 Å². The Hall–Kier alpha value is -1.06. The molecule has 6 rings (SSSR count). The first kappa shape index (κ1) is 18.7. The van der Waals surface area contributed by atoms with Crippen LogP contribution in [0, 0.1) is 11.8 Å². The summed E-state index contributed by atoms with van der Waals surface area (Å²) in [5.41, 5.74) is 2.39. The molecule has 2 aliphatic heterocycles. The number of hydrogen-bond acceptors (Lipinski definition) is 2. The van der Waals surface area contributed by atoms with Crippen molar-refractivity contribution in [3.8, 4) is 0 Å². The molecule has 1 aromatic carbocycles. The van der Waals surface area contributed by atoms with Crippen LogP contribution in [-0.4, -0.2) is 32.6 Å². The van der Waals surface area contributed by atoms with Crippen LogP contribution in [0.3, 0.4) is 0 Å². The quantitative estimate of drug-likeness (QED) is 0.552. The van der Waals surface area contributed by atoms with Crippen LogP contribution >= 0.6 is 11.6 Å². The zero-order chi connectivity index (χ0) is 19.4. The second-order valence-electron chi connectivity index (χ2n) is 10.4. The van der Waals surface area contributed by atoms with Gasteiger partial charge in [-0.3, -0.25) is 4.90 Å². The summed E-state index contributed by atoms with van der Waals surface area (Å²) in [4.78, 5) is 7.91. The summed E-state index contributed by atoms with van der Waals surface area (Å²) in [6, 6.07) is 11.6. The van der Waals surface area contributed by atoms with Gasteiger partial charge in [0.05, 0.1) is 16.9 Å². The van der Waals surface area contributed by atoms with Crippen molar-refractivity contribution in [2.24, 2.45) is 11.8 Å². The zero-order valence-corrected chi connectivity index (χ0v) is 18.2. The van der Waals surface area contributed by atoms with Crippen molar-refractivity contribution in [3.63, 3.8) is 0 Å². The normalized spacial score (nSPS) is 37.7. The lowest BCUT2D eigenvalue weighted by molar-refractivity contribution is -0.0484. The van der Waals surface area contributed by atoms with Crippen LogP contribution in [0.1, 0.15) is 82.5 Å². The van der Waals surface area contributed by atoms with Gasteiger partial charge in [0, 0.05) is 24.2 Å². The summed E-state index contributed by atoms with van der Waals surface area (Å²) in [5, 5.41) is 0. The monoisotopic (exact) mass is 411 g/mol. The number of benzene rings is 1. The van der Waals surface area contributed by atoms with E-state index in [0.29, 0.717) is 11.9 Å². The van der Waals surface area contributed by atoms with Gasteiger partial charge in [0.2, 0.25) is 0 Å². The maximum absolute atomic E-state index is 6.35. The second kappa shape index (κ2) is 7.57. The molecule has 3 heterocycles. The molecule has 4 fully saturated rings. The number of imidazole rings is 1. The summed E-state index contributed by atoms with van der Waals surface area (Å²) < 4.78 is 2.51. The Morgan fingerprint density at radius 1 is 0.793 bits per heavy atom. The lowest BCUT2D eigenvalue weighted by Gasteiger charge is -2.55. The number of halogens is 1. The highest BCUT2D eigenvalue weighted by Gasteiger charge is 2.45. The number of rotatable bonds is 3. The summed E-state index contributed by atoms with van der Waals surface area (Å²) >= 11 is 6.35. The van der Waals surface area contributed by atoms with Crippen molar-refractivity contribution in [1.82, 2.24) is 14.5 Å². The first-order valence-corrected chi connectivity index (χ1v) is 12.6. The molecule has 0 radical (unpaired) electrons. The minimum absolute atomic E-state index is 0.510. The summed E-state index contributed by atoms with van der Waals surface area (Å²) in [6.07, 6.45) is 15.8. The van der Waals surface area contributed by atoms with Crippen LogP contribution in [0.2, 0.25) is 0 Å². The van der Waals surface area contributed by atoms with Gasteiger partial charge in [0.25, 0.3) is 0 Å². The average molecular weight is 412 g/mol. The molecule has 2 aromatic rings. The minimum Gasteiger partial charge on any atom is -0.324 e. The fourth-order valence-electron chi connectivity index (χ4n) is 7.73. The Bertz CT molecular complexity index is 850. The molecule has 2 saturated heterocycles. The Labute approximate surface area is 179 Å². The van der Waals surface area contributed by atoms with E-state index in [9.17, 15) is 0 Å². The predicted octanol–water partition coefficient (Wildman–Crippen LogP) is 6.30. The highest BCUT2D eigenvalue weighted by Crippen LogP contribution is 2.48. The topological polar surface area (TPSA) is 21.1 Å². The largest absolute Gasteiger partial charge is 0.324 e. The molecule has 4 aliphatic rings. The van der Waals surface area contributed by atoms with E-state index in [1.807, 2.05) is 0 Å². The Morgan fingerprint density at radius 3 is 2.21 bits per heavy atom. The van der Waals surface area contributed by atoms with E-state index in [1.54, 1.807) is 0 Å². The van der Waals surface area contributed by atoms with Crippen LogP contribution in [0.25, 0.3) is 11.0 Å². The van der Waals surface area contributed by atoms with Gasteiger partial charge in [-0.15, -0.1) is 11.6 Å². The van der Waals surface area contributed by atoms with E-state index in [4.69, 9.17) is 16.6 Å². The van der Waals surface area contributed by atoms with Crippen molar-refractivity contribution in [1.29, 1.82) is 0 Å². The van der Waals surface area contributed by atoms with E-state index in [1.165, 1.54) is 76.1 Å². The fraction of sp³-hybridized carbons (Fsp3) is 0.720. The number of fused-ring (bicyclic) bond motifs is 5. The molecule has 2 aliphatic carbocycles. The van der Waals surface area contributed by atoms with Gasteiger partial charge in [0.1, 0.15) is 5.82 Å². The van der Waals surface area contributed by atoms with Crippen LogP contribution < -0.4 is 0 Å². The smallest absolute Gasteiger partial charge is 0.125 e. The lowest BCUT2D eigenvalue weighted by Crippen LogP contribution is -2.58. The molecule has 4 unspecified atom stereocenters. The summed E-state index contributed by atoms with van der Waals surface area (Å²) in [6.45, 7) is 0. The van der Waals surface area contributed by atoms with Crippen LogP contribution in [-0.2, 0) is 5.88 Å². The van der Waals surface area contributed by atoms with Gasteiger partial charge in [-0.2, -0.15) is 0 Å². The SMILES string of the molecule is ClCc1nc2ccccc2n1C1CC2CCCC(C1)N2C1CC2CCCC(C2)C1. The third-order valence-electron chi connectivity index (χ3n) is 8.68. The van der Waals surface area contributed by atoms with Gasteiger partial charge in [-0.1, -0.05) is 37.8 Å². The first-order chi connectivity index (χ1) is 14.3. The number of nitrogens with zero attached hydrogens (tertiary/aromatic N) is 3. The van der Waals surface area contributed by atoms with Crippen molar-refractivity contribution >= 4 is 22.6 Å². The summed E-state index contributed by atoms with van der Waals surface area (Å²) in [5.74, 6) is 3.62. The van der Waals surface area contributed by atoms with E-state index < -0.39 is 0 Å². The molecule has 0 N–H and O–H groups in total. The zero-order valence-electron chi connectivity index (χ0n) is 17.5. The molecule has 0 spiro atoms. The van der Waals surface area contributed by atoms with Gasteiger partial charge in [-0.05, 0) is 68.9 Å². The van der Waals surface area contributed by atoms with Crippen molar-refractivity contribution < 1.29 is 0 Å².